The van der Waals surface area contributed by atoms with Gasteiger partial charge >= 0.3 is 5.97 Å². The number of ether oxygens (including phenoxy) is 1. The number of hydrogen-bond donors (Lipinski definition) is 0. The van der Waals surface area contributed by atoms with Crippen molar-refractivity contribution >= 4 is 39.3 Å². The molecule has 1 aliphatic carbocycles. The molecule has 0 saturated carbocycles. The molecule has 3 heterocycles. The summed E-state index contributed by atoms with van der Waals surface area (Å²) in [5, 5.41) is 2.03. The van der Waals surface area contributed by atoms with Crippen molar-refractivity contribution in [3.63, 3.8) is 0 Å². The van der Waals surface area contributed by atoms with Crippen molar-refractivity contribution in [2.45, 2.75) is 55.9 Å². The summed E-state index contributed by atoms with van der Waals surface area (Å²) >= 11 is 3.35. The lowest BCUT2D eigenvalue weighted by atomic mass is 10.2. The van der Waals surface area contributed by atoms with E-state index in [1.54, 1.807) is 23.1 Å². The predicted octanol–water partition coefficient (Wildman–Crippen LogP) is 3.28. The second kappa shape index (κ2) is 4.95. The van der Waals surface area contributed by atoms with Crippen molar-refractivity contribution in [2.24, 2.45) is 0 Å². The molecule has 0 radical (unpaired) electrons. The highest BCUT2D eigenvalue weighted by molar-refractivity contribution is 8.00. The van der Waals surface area contributed by atoms with Gasteiger partial charge in [-0.1, -0.05) is 11.8 Å². The molecule has 4 rings (SSSR count). The van der Waals surface area contributed by atoms with Crippen LogP contribution < -0.4 is 0 Å². The molecule has 110 valence electrons. The summed E-state index contributed by atoms with van der Waals surface area (Å²) in [5.74, 6) is 0.674. The molecule has 0 aromatic carbocycles. The van der Waals surface area contributed by atoms with Gasteiger partial charge in [0, 0.05) is 16.7 Å². The molecule has 6 heteroatoms. The van der Waals surface area contributed by atoms with E-state index in [-0.39, 0.29) is 17.3 Å². The molecule has 0 bridgehead atoms. The summed E-state index contributed by atoms with van der Waals surface area (Å²) in [7, 11) is 0. The number of thiophene rings is 1. The Labute approximate surface area is 131 Å². The van der Waals surface area contributed by atoms with Gasteiger partial charge in [-0.25, -0.2) is 9.97 Å². The van der Waals surface area contributed by atoms with E-state index in [1.807, 2.05) is 13.8 Å². The van der Waals surface area contributed by atoms with Crippen molar-refractivity contribution < 1.29 is 9.53 Å². The quantitative estimate of drug-likeness (QED) is 0.628. The van der Waals surface area contributed by atoms with Gasteiger partial charge in [0.1, 0.15) is 27.0 Å². The number of fused-ring (bicyclic) bond motifs is 3. The van der Waals surface area contributed by atoms with Crippen molar-refractivity contribution in [3.05, 3.63) is 16.3 Å². The van der Waals surface area contributed by atoms with Crippen LogP contribution in [0.5, 0.6) is 0 Å². The summed E-state index contributed by atoms with van der Waals surface area (Å²) in [6.07, 6.45) is 4.27. The molecule has 0 amide bonds. The number of thioether (sulfide) groups is 1. The van der Waals surface area contributed by atoms with Gasteiger partial charge in [0.2, 0.25) is 0 Å². The number of nitrogens with zero attached hydrogens (tertiary/aromatic N) is 2. The third kappa shape index (κ3) is 2.25. The Kier molecular flexibility index (Phi) is 3.19. The molecule has 2 aliphatic rings. The highest BCUT2D eigenvalue weighted by Crippen LogP contribution is 2.42. The highest BCUT2D eigenvalue weighted by Gasteiger charge is 2.34. The normalized spacial score (nSPS) is 24.6. The molecular formula is C15H16N2O2S2. The minimum Gasteiger partial charge on any atom is -0.462 e. The highest BCUT2D eigenvalue weighted by atomic mass is 32.2. The van der Waals surface area contributed by atoms with E-state index in [1.165, 1.54) is 22.2 Å². The molecule has 2 atom stereocenters. The van der Waals surface area contributed by atoms with E-state index in [2.05, 4.69) is 9.97 Å². The molecule has 1 aliphatic heterocycles. The van der Waals surface area contributed by atoms with Crippen LogP contribution >= 0.6 is 23.1 Å². The first-order valence-corrected chi connectivity index (χ1v) is 8.97. The molecule has 4 nitrogen and oxygen atoms in total. The van der Waals surface area contributed by atoms with E-state index in [0.29, 0.717) is 0 Å². The van der Waals surface area contributed by atoms with Gasteiger partial charge in [-0.05, 0) is 38.7 Å². The molecular weight excluding hydrogens is 304 g/mol. The molecule has 2 aromatic rings. The lowest BCUT2D eigenvalue weighted by Crippen LogP contribution is -2.10. The second-order valence-electron chi connectivity index (χ2n) is 5.70. The maximum atomic E-state index is 11.9. The van der Waals surface area contributed by atoms with Crippen molar-refractivity contribution in [3.8, 4) is 0 Å². The van der Waals surface area contributed by atoms with Crippen LogP contribution in [0.3, 0.4) is 0 Å². The Balaban J connectivity index is 1.79. The Morgan fingerprint density at radius 2 is 2.19 bits per heavy atom. The van der Waals surface area contributed by atoms with Gasteiger partial charge in [0.15, 0.2) is 0 Å². The van der Waals surface area contributed by atoms with Gasteiger partial charge in [0.05, 0.1) is 0 Å². The van der Waals surface area contributed by atoms with Crippen LogP contribution in [0, 0.1) is 6.92 Å². The number of rotatable bonds is 2. The fourth-order valence-corrected chi connectivity index (χ4v) is 5.78. The zero-order valence-corrected chi connectivity index (χ0v) is 13.6. The van der Waals surface area contributed by atoms with Crippen LogP contribution in [-0.4, -0.2) is 27.3 Å². The second-order valence-corrected chi connectivity index (χ2v) is 7.98. The fraction of sp³-hybridized carbons (Fsp3) is 0.533. The largest absolute Gasteiger partial charge is 0.462 e. The topological polar surface area (TPSA) is 52.1 Å². The number of hydrogen-bond acceptors (Lipinski definition) is 6. The number of aryl methyl sites for hydroxylation is 3. The predicted molar refractivity (Wildman–Crippen MR) is 84.0 cm³/mol. The van der Waals surface area contributed by atoms with Gasteiger partial charge in [-0.3, -0.25) is 4.79 Å². The SMILES string of the molecule is Cc1nc(S[C@H]2C[C@@H](C)OC2=O)c2c3c(sc2n1)CCC3. The molecule has 0 spiro atoms. The minimum atomic E-state index is -0.130. The third-order valence-corrected chi connectivity index (χ3v) is 6.40. The number of aromatic nitrogens is 2. The Morgan fingerprint density at radius 1 is 1.33 bits per heavy atom. The number of cyclic esters (lactones) is 1. The lowest BCUT2D eigenvalue weighted by molar-refractivity contribution is -0.140. The van der Waals surface area contributed by atoms with E-state index >= 15 is 0 Å². The third-order valence-electron chi connectivity index (χ3n) is 4.02. The number of carbonyl (C=O) groups is 1. The van der Waals surface area contributed by atoms with Gasteiger partial charge in [0.25, 0.3) is 0 Å². The molecule has 0 N–H and O–H groups in total. The zero-order chi connectivity index (χ0) is 14.6. The van der Waals surface area contributed by atoms with Gasteiger partial charge < -0.3 is 4.74 Å². The standard InChI is InChI=1S/C15H16N2O2S2/c1-7-6-11(15(18)19-7)21-14-12-9-4-3-5-10(9)20-13(12)16-8(2)17-14/h7,11H,3-6H2,1-2H3/t7-,11+/m1/s1. The molecule has 0 unspecified atom stereocenters. The maximum Gasteiger partial charge on any atom is 0.319 e. The van der Waals surface area contributed by atoms with Crippen molar-refractivity contribution in [1.29, 1.82) is 0 Å². The van der Waals surface area contributed by atoms with E-state index in [9.17, 15) is 4.79 Å². The number of esters is 1. The zero-order valence-electron chi connectivity index (χ0n) is 12.0. The Bertz CT molecular complexity index is 741. The minimum absolute atomic E-state index is 0.0154. The first-order chi connectivity index (χ1) is 10.1. The van der Waals surface area contributed by atoms with Gasteiger partial charge in [-0.15, -0.1) is 11.3 Å². The Hall–Kier alpha value is -1.14. The first kappa shape index (κ1) is 13.5. The molecule has 1 fully saturated rings. The van der Waals surface area contributed by atoms with E-state index in [0.717, 1.165) is 34.9 Å². The number of carbonyl (C=O) groups excluding carboxylic acids is 1. The average molecular weight is 320 g/mol. The summed E-state index contributed by atoms with van der Waals surface area (Å²) < 4.78 is 5.26. The molecule has 21 heavy (non-hydrogen) atoms. The summed E-state index contributed by atoms with van der Waals surface area (Å²) in [6, 6.07) is 0. The van der Waals surface area contributed by atoms with Crippen LogP contribution in [0.2, 0.25) is 0 Å². The van der Waals surface area contributed by atoms with Crippen molar-refractivity contribution in [2.75, 3.05) is 0 Å². The monoisotopic (exact) mass is 320 g/mol. The summed E-state index contributed by atoms with van der Waals surface area (Å²) in [4.78, 5) is 23.6. The maximum absolute atomic E-state index is 11.9. The van der Waals surface area contributed by atoms with E-state index < -0.39 is 0 Å². The fourth-order valence-electron chi connectivity index (χ4n) is 3.10. The van der Waals surface area contributed by atoms with Crippen LogP contribution in [0.4, 0.5) is 0 Å². The lowest BCUT2D eigenvalue weighted by Gasteiger charge is -2.08. The summed E-state index contributed by atoms with van der Waals surface area (Å²) in [5.41, 5.74) is 1.41. The van der Waals surface area contributed by atoms with Crippen LogP contribution in [0.1, 0.15) is 36.0 Å². The van der Waals surface area contributed by atoms with E-state index in [4.69, 9.17) is 4.74 Å². The Morgan fingerprint density at radius 3 is 2.95 bits per heavy atom. The van der Waals surface area contributed by atoms with Crippen LogP contribution in [0.15, 0.2) is 5.03 Å². The molecule has 2 aromatic heterocycles. The first-order valence-electron chi connectivity index (χ1n) is 7.28. The average Bonchev–Trinajstić information content (AvgIpc) is 3.04. The van der Waals surface area contributed by atoms with Crippen LogP contribution in [-0.2, 0) is 22.4 Å². The summed E-state index contributed by atoms with van der Waals surface area (Å²) in [6.45, 7) is 3.87. The van der Waals surface area contributed by atoms with Crippen molar-refractivity contribution in [1.82, 2.24) is 9.97 Å². The smallest absolute Gasteiger partial charge is 0.319 e. The van der Waals surface area contributed by atoms with Gasteiger partial charge in [-0.2, -0.15) is 0 Å². The van der Waals surface area contributed by atoms with Crippen LogP contribution in [0.25, 0.3) is 10.2 Å². The molecule has 1 saturated heterocycles.